The van der Waals surface area contributed by atoms with E-state index in [4.69, 9.17) is 4.74 Å². The first-order valence-corrected chi connectivity index (χ1v) is 6.93. The number of methoxy groups -OCH3 is 1. The zero-order chi connectivity index (χ0) is 13.2. The molecule has 0 fully saturated rings. The van der Waals surface area contributed by atoms with E-state index >= 15 is 0 Å². The van der Waals surface area contributed by atoms with E-state index in [1.54, 1.807) is 31.4 Å². The van der Waals surface area contributed by atoms with Crippen molar-refractivity contribution in [2.24, 2.45) is 0 Å². The predicted molar refractivity (Wildman–Crippen MR) is 73.8 cm³/mol. The molecule has 1 N–H and O–H groups in total. The van der Waals surface area contributed by atoms with Gasteiger partial charge in [0, 0.05) is 4.90 Å². The summed E-state index contributed by atoms with van der Waals surface area (Å²) < 4.78 is 17.5. The summed E-state index contributed by atoms with van der Waals surface area (Å²) >= 11 is 0. The van der Waals surface area contributed by atoms with Crippen LogP contribution in [0.1, 0.15) is 0 Å². The van der Waals surface area contributed by atoms with Gasteiger partial charge in [-0.15, -0.1) is 0 Å². The van der Waals surface area contributed by atoms with E-state index in [2.05, 4.69) is 9.97 Å². The molecule has 19 heavy (non-hydrogen) atoms. The molecule has 96 valence electrons. The molecule has 3 rings (SSSR count). The molecule has 0 spiro atoms. The van der Waals surface area contributed by atoms with Crippen LogP contribution in [0.25, 0.3) is 11.0 Å². The number of ether oxygens (including phenoxy) is 1. The standard InChI is InChI=1S/C14H12N2O2S/c1-18-10-6-8-11(9-7-10)19(17)14-15-12-4-2-3-5-13(12)16-14/h2-9H,1H3,(H,15,16). The summed E-state index contributed by atoms with van der Waals surface area (Å²) in [5.74, 6) is 0.741. The number of aromatic amines is 1. The number of nitrogens with zero attached hydrogens (tertiary/aromatic N) is 1. The van der Waals surface area contributed by atoms with Crippen molar-refractivity contribution in [3.63, 3.8) is 0 Å². The smallest absolute Gasteiger partial charge is 0.202 e. The number of aromatic nitrogens is 2. The van der Waals surface area contributed by atoms with Crippen molar-refractivity contribution < 1.29 is 8.95 Å². The van der Waals surface area contributed by atoms with Crippen LogP contribution in [0.4, 0.5) is 0 Å². The fourth-order valence-corrected chi connectivity index (χ4v) is 2.82. The third-order valence-electron chi connectivity index (χ3n) is 2.82. The molecule has 1 aromatic heterocycles. The van der Waals surface area contributed by atoms with Crippen LogP contribution in [0.2, 0.25) is 0 Å². The number of rotatable bonds is 3. The second-order valence-electron chi connectivity index (χ2n) is 4.00. The fraction of sp³-hybridized carbons (Fsp3) is 0.0714. The molecule has 5 heteroatoms. The Morgan fingerprint density at radius 1 is 1.11 bits per heavy atom. The quantitative estimate of drug-likeness (QED) is 0.797. The number of nitrogens with one attached hydrogen (secondary N) is 1. The number of hydrogen-bond acceptors (Lipinski definition) is 3. The van der Waals surface area contributed by atoms with Gasteiger partial charge >= 0.3 is 0 Å². The molecule has 0 saturated carbocycles. The Hall–Kier alpha value is -2.14. The highest BCUT2D eigenvalue weighted by molar-refractivity contribution is 7.85. The van der Waals surface area contributed by atoms with E-state index in [9.17, 15) is 4.21 Å². The first-order chi connectivity index (χ1) is 9.28. The molecule has 3 aromatic rings. The maximum Gasteiger partial charge on any atom is 0.202 e. The third-order valence-corrected chi connectivity index (χ3v) is 4.06. The molecule has 4 nitrogen and oxygen atoms in total. The maximum absolute atomic E-state index is 12.4. The molecule has 1 atom stereocenters. The lowest BCUT2D eigenvalue weighted by molar-refractivity contribution is 0.414. The number of imidazole rings is 1. The molecule has 0 radical (unpaired) electrons. The Morgan fingerprint density at radius 2 is 1.84 bits per heavy atom. The Kier molecular flexibility index (Phi) is 3.05. The van der Waals surface area contributed by atoms with Crippen molar-refractivity contribution in [2.75, 3.05) is 7.11 Å². The summed E-state index contributed by atoms with van der Waals surface area (Å²) in [5, 5.41) is 0.464. The molecule has 2 aromatic carbocycles. The lowest BCUT2D eigenvalue weighted by Gasteiger charge is -2.01. The topological polar surface area (TPSA) is 55.0 Å². The number of benzene rings is 2. The molecular formula is C14H12N2O2S. The average Bonchev–Trinajstić information content (AvgIpc) is 2.90. The van der Waals surface area contributed by atoms with Gasteiger partial charge in [0.05, 0.1) is 18.1 Å². The molecule has 0 bridgehead atoms. The SMILES string of the molecule is COc1ccc(S(=O)c2nc3ccccc3[nH]2)cc1. The summed E-state index contributed by atoms with van der Waals surface area (Å²) in [5.41, 5.74) is 1.71. The van der Waals surface area contributed by atoms with Gasteiger partial charge in [0.2, 0.25) is 5.16 Å². The van der Waals surface area contributed by atoms with Gasteiger partial charge in [-0.25, -0.2) is 9.19 Å². The lowest BCUT2D eigenvalue weighted by Crippen LogP contribution is -1.95. The molecule has 1 unspecified atom stereocenters. The zero-order valence-electron chi connectivity index (χ0n) is 10.3. The first kappa shape index (κ1) is 11.9. The van der Waals surface area contributed by atoms with Gasteiger partial charge in [0.15, 0.2) is 0 Å². The molecular weight excluding hydrogens is 260 g/mol. The van der Waals surface area contributed by atoms with Gasteiger partial charge in [0.25, 0.3) is 0 Å². The highest BCUT2D eigenvalue weighted by Gasteiger charge is 2.12. The molecule has 0 aliphatic carbocycles. The van der Waals surface area contributed by atoms with E-state index < -0.39 is 10.8 Å². The molecule has 0 saturated heterocycles. The van der Waals surface area contributed by atoms with E-state index in [-0.39, 0.29) is 0 Å². The largest absolute Gasteiger partial charge is 0.497 e. The van der Waals surface area contributed by atoms with Crippen LogP contribution in [0, 0.1) is 0 Å². The van der Waals surface area contributed by atoms with Crippen LogP contribution in [0.5, 0.6) is 5.75 Å². The van der Waals surface area contributed by atoms with Crippen molar-refractivity contribution in [1.29, 1.82) is 0 Å². The van der Waals surface area contributed by atoms with E-state index in [0.717, 1.165) is 16.8 Å². The summed E-state index contributed by atoms with van der Waals surface area (Å²) in [6, 6.07) is 14.8. The fourth-order valence-electron chi connectivity index (χ4n) is 1.83. The summed E-state index contributed by atoms with van der Waals surface area (Å²) in [6.07, 6.45) is 0. The van der Waals surface area contributed by atoms with E-state index in [1.165, 1.54) is 0 Å². The molecule has 0 aliphatic heterocycles. The number of H-pyrrole nitrogens is 1. The van der Waals surface area contributed by atoms with Gasteiger partial charge in [-0.3, -0.25) is 0 Å². The predicted octanol–water partition coefficient (Wildman–Crippen LogP) is 2.74. The van der Waals surface area contributed by atoms with E-state index in [1.807, 2.05) is 24.3 Å². The minimum atomic E-state index is -1.31. The van der Waals surface area contributed by atoms with Gasteiger partial charge in [0.1, 0.15) is 16.5 Å². The highest BCUT2D eigenvalue weighted by atomic mass is 32.2. The van der Waals surface area contributed by atoms with Gasteiger partial charge in [-0.1, -0.05) is 12.1 Å². The van der Waals surface area contributed by atoms with Gasteiger partial charge < -0.3 is 9.72 Å². The Balaban J connectivity index is 1.98. The van der Waals surface area contributed by atoms with E-state index in [0.29, 0.717) is 10.1 Å². The Labute approximate surface area is 112 Å². The second-order valence-corrected chi connectivity index (χ2v) is 5.40. The Morgan fingerprint density at radius 3 is 2.53 bits per heavy atom. The molecule has 1 heterocycles. The van der Waals surface area contributed by atoms with Crippen molar-refractivity contribution in [1.82, 2.24) is 9.97 Å². The zero-order valence-corrected chi connectivity index (χ0v) is 11.1. The van der Waals surface area contributed by atoms with Crippen LogP contribution in [0.3, 0.4) is 0 Å². The van der Waals surface area contributed by atoms with Crippen LogP contribution < -0.4 is 4.74 Å². The number of fused-ring (bicyclic) bond motifs is 1. The Bertz CT molecular complexity index is 702. The van der Waals surface area contributed by atoms with Crippen molar-refractivity contribution >= 4 is 21.8 Å². The van der Waals surface area contributed by atoms with Crippen LogP contribution in [-0.4, -0.2) is 21.3 Å². The van der Waals surface area contributed by atoms with Gasteiger partial charge in [-0.05, 0) is 36.4 Å². The minimum absolute atomic E-state index is 0.464. The second kappa shape index (κ2) is 4.85. The lowest BCUT2D eigenvalue weighted by atomic mass is 10.3. The average molecular weight is 272 g/mol. The molecule has 0 aliphatic rings. The minimum Gasteiger partial charge on any atom is -0.497 e. The normalized spacial score (nSPS) is 12.5. The van der Waals surface area contributed by atoms with Gasteiger partial charge in [-0.2, -0.15) is 0 Å². The summed E-state index contributed by atoms with van der Waals surface area (Å²) in [7, 11) is 0.290. The van der Waals surface area contributed by atoms with Crippen LogP contribution in [0.15, 0.2) is 58.6 Å². The maximum atomic E-state index is 12.4. The van der Waals surface area contributed by atoms with Crippen molar-refractivity contribution in [3.05, 3.63) is 48.5 Å². The first-order valence-electron chi connectivity index (χ1n) is 5.78. The summed E-state index contributed by atoms with van der Waals surface area (Å²) in [6.45, 7) is 0. The third kappa shape index (κ3) is 2.24. The monoisotopic (exact) mass is 272 g/mol. The highest BCUT2D eigenvalue weighted by Crippen LogP contribution is 2.20. The number of hydrogen-bond donors (Lipinski definition) is 1. The van der Waals surface area contributed by atoms with Crippen molar-refractivity contribution in [3.8, 4) is 5.75 Å². The number of para-hydroxylation sites is 2. The van der Waals surface area contributed by atoms with Crippen LogP contribution in [-0.2, 0) is 10.8 Å². The van der Waals surface area contributed by atoms with Crippen LogP contribution >= 0.6 is 0 Å². The summed E-state index contributed by atoms with van der Waals surface area (Å²) in [4.78, 5) is 8.12. The molecule has 0 amide bonds. The van der Waals surface area contributed by atoms with Crippen molar-refractivity contribution in [2.45, 2.75) is 10.1 Å².